The van der Waals surface area contributed by atoms with Crippen LogP contribution in [-0.2, 0) is 11.3 Å². The number of unbranched alkanes of at least 4 members (excludes halogenated alkanes) is 1. The van der Waals surface area contributed by atoms with Crippen molar-refractivity contribution in [1.29, 1.82) is 0 Å². The molecule has 0 aliphatic carbocycles. The summed E-state index contributed by atoms with van der Waals surface area (Å²) in [5, 5.41) is 1.30. The number of hydrogen-bond donors (Lipinski definition) is 0. The zero-order valence-corrected chi connectivity index (χ0v) is 9.73. The normalized spacial score (nSPS) is 10.8. The number of aryl methyl sites for hydroxylation is 1. The molecule has 0 bridgehead atoms. The van der Waals surface area contributed by atoms with Gasteiger partial charge in [0.05, 0.1) is 0 Å². The Hall–Kier alpha value is -1.41. The lowest BCUT2D eigenvalue weighted by molar-refractivity contribution is -0.671. The van der Waals surface area contributed by atoms with Crippen molar-refractivity contribution < 1.29 is 9.30 Å². The van der Waals surface area contributed by atoms with Crippen molar-refractivity contribution in [2.75, 3.05) is 13.7 Å². The average molecular weight is 216 g/mol. The highest BCUT2D eigenvalue weighted by Gasteiger charge is 2.06. The summed E-state index contributed by atoms with van der Waals surface area (Å²) in [6.07, 6.45) is 4.42. The van der Waals surface area contributed by atoms with Crippen molar-refractivity contribution in [2.24, 2.45) is 0 Å². The molecule has 1 heterocycles. The summed E-state index contributed by atoms with van der Waals surface area (Å²) in [4.78, 5) is 0. The molecular weight excluding hydrogens is 198 g/mol. The summed E-state index contributed by atoms with van der Waals surface area (Å²) in [6, 6.07) is 12.8. The lowest BCUT2D eigenvalue weighted by Gasteiger charge is -2.01. The lowest BCUT2D eigenvalue weighted by Crippen LogP contribution is -2.34. The molecule has 0 spiro atoms. The van der Waals surface area contributed by atoms with Gasteiger partial charge in [-0.2, -0.15) is 4.57 Å². The molecule has 84 valence electrons. The SMILES string of the molecule is COCCCC[n+]1cccc2ccccc21. The topological polar surface area (TPSA) is 13.1 Å². The van der Waals surface area contributed by atoms with E-state index in [1.165, 1.54) is 10.9 Å². The number of benzene rings is 1. The molecule has 16 heavy (non-hydrogen) atoms. The maximum absolute atomic E-state index is 5.06. The van der Waals surface area contributed by atoms with Crippen molar-refractivity contribution in [3.8, 4) is 0 Å². The molecule has 2 heteroatoms. The predicted molar refractivity (Wildman–Crippen MR) is 65.3 cm³/mol. The van der Waals surface area contributed by atoms with Crippen LogP contribution >= 0.6 is 0 Å². The molecule has 0 atom stereocenters. The van der Waals surface area contributed by atoms with E-state index in [4.69, 9.17) is 4.74 Å². The third-order valence-electron chi connectivity index (χ3n) is 2.79. The molecule has 0 amide bonds. The van der Waals surface area contributed by atoms with Crippen molar-refractivity contribution in [3.63, 3.8) is 0 Å². The summed E-state index contributed by atoms with van der Waals surface area (Å²) < 4.78 is 7.37. The van der Waals surface area contributed by atoms with Crippen LogP contribution in [0.25, 0.3) is 10.9 Å². The summed E-state index contributed by atoms with van der Waals surface area (Å²) in [7, 11) is 1.76. The maximum Gasteiger partial charge on any atom is 0.212 e. The Kier molecular flexibility index (Phi) is 3.89. The number of rotatable bonds is 5. The number of pyridine rings is 1. The number of fused-ring (bicyclic) bond motifs is 1. The molecule has 0 radical (unpaired) electrons. The van der Waals surface area contributed by atoms with E-state index < -0.39 is 0 Å². The molecule has 2 rings (SSSR count). The van der Waals surface area contributed by atoms with E-state index in [1.807, 2.05) is 0 Å². The van der Waals surface area contributed by atoms with Crippen molar-refractivity contribution in [3.05, 3.63) is 42.6 Å². The smallest absolute Gasteiger partial charge is 0.212 e. The van der Waals surface area contributed by atoms with Crippen LogP contribution in [0.2, 0.25) is 0 Å². The van der Waals surface area contributed by atoms with Gasteiger partial charge in [-0.15, -0.1) is 0 Å². The predicted octanol–water partition coefficient (Wildman–Crippen LogP) is 2.55. The van der Waals surface area contributed by atoms with Crippen LogP contribution in [0, 0.1) is 0 Å². The van der Waals surface area contributed by atoms with Crippen LogP contribution in [0.4, 0.5) is 0 Å². The highest BCUT2D eigenvalue weighted by Crippen LogP contribution is 2.08. The van der Waals surface area contributed by atoms with Crippen LogP contribution < -0.4 is 4.57 Å². The van der Waals surface area contributed by atoms with E-state index in [0.717, 1.165) is 26.0 Å². The van der Waals surface area contributed by atoms with E-state index in [0.29, 0.717) is 0 Å². The maximum atomic E-state index is 5.06. The minimum absolute atomic E-state index is 0.853. The second-order valence-corrected chi connectivity index (χ2v) is 3.96. The Morgan fingerprint density at radius 1 is 1.06 bits per heavy atom. The van der Waals surface area contributed by atoms with Crippen molar-refractivity contribution >= 4 is 10.9 Å². The second kappa shape index (κ2) is 5.61. The third kappa shape index (κ3) is 2.58. The second-order valence-electron chi connectivity index (χ2n) is 3.96. The molecule has 0 aliphatic heterocycles. The fraction of sp³-hybridized carbons (Fsp3) is 0.357. The molecule has 1 aromatic carbocycles. The van der Waals surface area contributed by atoms with Gasteiger partial charge in [-0.05, 0) is 18.6 Å². The first-order valence-corrected chi connectivity index (χ1v) is 5.78. The van der Waals surface area contributed by atoms with Crippen LogP contribution in [0.5, 0.6) is 0 Å². The Morgan fingerprint density at radius 2 is 1.88 bits per heavy atom. The average Bonchev–Trinajstić information content (AvgIpc) is 2.35. The summed E-state index contributed by atoms with van der Waals surface area (Å²) in [6.45, 7) is 1.91. The van der Waals surface area contributed by atoms with Crippen LogP contribution in [0.15, 0.2) is 42.6 Å². The Morgan fingerprint density at radius 3 is 2.75 bits per heavy atom. The monoisotopic (exact) mass is 216 g/mol. The molecule has 2 nitrogen and oxygen atoms in total. The standard InChI is InChI=1S/C14H18NO/c1-16-12-5-4-10-15-11-6-8-13-7-2-3-9-14(13)15/h2-3,6-9,11H,4-5,10,12H2,1H3/q+1. The van der Waals surface area contributed by atoms with E-state index >= 15 is 0 Å². The number of nitrogens with zero attached hydrogens (tertiary/aromatic N) is 1. The van der Waals surface area contributed by atoms with E-state index in [2.05, 4.69) is 47.2 Å². The fourth-order valence-electron chi connectivity index (χ4n) is 1.94. The van der Waals surface area contributed by atoms with Crippen LogP contribution in [0.3, 0.4) is 0 Å². The van der Waals surface area contributed by atoms with Crippen molar-refractivity contribution in [2.45, 2.75) is 19.4 Å². The van der Waals surface area contributed by atoms with Gasteiger partial charge in [-0.1, -0.05) is 12.1 Å². The van der Waals surface area contributed by atoms with Crippen LogP contribution in [-0.4, -0.2) is 13.7 Å². The zero-order chi connectivity index (χ0) is 11.2. The number of para-hydroxylation sites is 1. The van der Waals surface area contributed by atoms with Gasteiger partial charge in [0.25, 0.3) is 0 Å². The van der Waals surface area contributed by atoms with Gasteiger partial charge < -0.3 is 4.74 Å². The highest BCUT2D eigenvalue weighted by atomic mass is 16.5. The van der Waals surface area contributed by atoms with E-state index in [-0.39, 0.29) is 0 Å². The first-order chi connectivity index (χ1) is 7.92. The number of ether oxygens (including phenoxy) is 1. The molecule has 1 aromatic heterocycles. The van der Waals surface area contributed by atoms with Gasteiger partial charge in [-0.25, -0.2) is 0 Å². The van der Waals surface area contributed by atoms with Gasteiger partial charge in [-0.3, -0.25) is 0 Å². The number of hydrogen-bond acceptors (Lipinski definition) is 1. The first kappa shape index (κ1) is 11.1. The van der Waals surface area contributed by atoms with Crippen molar-refractivity contribution in [1.82, 2.24) is 0 Å². The number of aromatic nitrogens is 1. The summed E-state index contributed by atoms with van der Waals surface area (Å²) in [5.41, 5.74) is 1.31. The Balaban J connectivity index is 2.11. The number of methoxy groups -OCH3 is 1. The van der Waals surface area contributed by atoms with Gasteiger partial charge in [0.2, 0.25) is 5.52 Å². The van der Waals surface area contributed by atoms with E-state index in [1.54, 1.807) is 7.11 Å². The Bertz CT molecular complexity index is 448. The van der Waals surface area contributed by atoms with Gasteiger partial charge in [0.15, 0.2) is 6.20 Å². The fourth-order valence-corrected chi connectivity index (χ4v) is 1.94. The Labute approximate surface area is 96.5 Å². The molecule has 0 unspecified atom stereocenters. The highest BCUT2D eigenvalue weighted by molar-refractivity contribution is 5.74. The molecule has 0 aliphatic rings. The summed E-state index contributed by atoms with van der Waals surface area (Å²) >= 11 is 0. The quantitative estimate of drug-likeness (QED) is 0.553. The molecule has 0 saturated heterocycles. The van der Waals surface area contributed by atoms with Gasteiger partial charge >= 0.3 is 0 Å². The zero-order valence-electron chi connectivity index (χ0n) is 9.73. The van der Waals surface area contributed by atoms with Gasteiger partial charge in [0.1, 0.15) is 6.54 Å². The minimum atomic E-state index is 0.853. The third-order valence-corrected chi connectivity index (χ3v) is 2.79. The van der Waals surface area contributed by atoms with Gasteiger partial charge in [0, 0.05) is 37.7 Å². The molecule has 0 saturated carbocycles. The van der Waals surface area contributed by atoms with Crippen LogP contribution in [0.1, 0.15) is 12.8 Å². The first-order valence-electron chi connectivity index (χ1n) is 5.78. The largest absolute Gasteiger partial charge is 0.385 e. The molecule has 2 aromatic rings. The lowest BCUT2D eigenvalue weighted by atomic mass is 10.2. The van der Waals surface area contributed by atoms with E-state index in [9.17, 15) is 0 Å². The minimum Gasteiger partial charge on any atom is -0.385 e. The molecule has 0 fully saturated rings. The molecular formula is C14H18NO+. The summed E-state index contributed by atoms with van der Waals surface area (Å²) in [5.74, 6) is 0. The molecule has 0 N–H and O–H groups in total.